The predicted octanol–water partition coefficient (Wildman–Crippen LogP) is 2.78. The van der Waals surface area contributed by atoms with Crippen LogP contribution >= 0.6 is 0 Å². The van der Waals surface area contributed by atoms with E-state index in [2.05, 4.69) is 29.0 Å². The van der Waals surface area contributed by atoms with Gasteiger partial charge in [-0.15, -0.1) is 0 Å². The molecular formula is C13H22F3N3O. The van der Waals surface area contributed by atoms with Crippen LogP contribution in [0, 0.1) is 19.8 Å². The van der Waals surface area contributed by atoms with Gasteiger partial charge in [0, 0.05) is 17.8 Å². The van der Waals surface area contributed by atoms with Crippen molar-refractivity contribution in [1.29, 1.82) is 0 Å². The summed E-state index contributed by atoms with van der Waals surface area (Å²) in [5.74, 6) is 0.542. The highest BCUT2D eigenvalue weighted by Crippen LogP contribution is 2.16. The van der Waals surface area contributed by atoms with E-state index >= 15 is 0 Å². The summed E-state index contributed by atoms with van der Waals surface area (Å²) in [4.78, 5) is 0. The quantitative estimate of drug-likeness (QED) is 0.840. The van der Waals surface area contributed by atoms with Crippen molar-refractivity contribution in [3.05, 3.63) is 17.0 Å². The Balaban J connectivity index is 2.57. The van der Waals surface area contributed by atoms with E-state index in [-0.39, 0.29) is 6.73 Å². The lowest BCUT2D eigenvalue weighted by molar-refractivity contribution is -0.182. The van der Waals surface area contributed by atoms with E-state index < -0.39 is 12.8 Å². The number of aryl methyl sites for hydroxylation is 1. The number of ether oxygens (including phenoxy) is 1. The minimum atomic E-state index is -4.31. The first-order chi connectivity index (χ1) is 9.20. The molecule has 0 aliphatic carbocycles. The fraction of sp³-hybridized carbons (Fsp3) is 0.769. The van der Waals surface area contributed by atoms with Gasteiger partial charge < -0.3 is 10.1 Å². The van der Waals surface area contributed by atoms with Gasteiger partial charge in [-0.1, -0.05) is 13.8 Å². The Hall–Kier alpha value is -1.08. The first kappa shape index (κ1) is 17.0. The molecule has 0 aliphatic rings. The van der Waals surface area contributed by atoms with E-state index in [1.807, 2.05) is 13.8 Å². The van der Waals surface area contributed by atoms with Crippen LogP contribution in [0.5, 0.6) is 0 Å². The summed E-state index contributed by atoms with van der Waals surface area (Å²) in [5.41, 5.74) is 2.66. The molecule has 1 aromatic heterocycles. The number of halogens is 3. The van der Waals surface area contributed by atoms with Gasteiger partial charge in [-0.3, -0.25) is 0 Å². The van der Waals surface area contributed by atoms with Gasteiger partial charge in [-0.05, 0) is 26.3 Å². The van der Waals surface area contributed by atoms with Crippen molar-refractivity contribution in [2.45, 2.75) is 47.1 Å². The third kappa shape index (κ3) is 5.50. The van der Waals surface area contributed by atoms with Gasteiger partial charge in [0.05, 0.1) is 5.69 Å². The lowest BCUT2D eigenvalue weighted by Gasteiger charge is -2.10. The summed E-state index contributed by atoms with van der Waals surface area (Å²) in [5, 5.41) is 7.51. The van der Waals surface area contributed by atoms with Crippen molar-refractivity contribution in [3.8, 4) is 0 Å². The van der Waals surface area contributed by atoms with Gasteiger partial charge in [0.2, 0.25) is 0 Å². The number of hydrogen-bond donors (Lipinski definition) is 1. The third-order valence-electron chi connectivity index (χ3n) is 2.87. The van der Waals surface area contributed by atoms with Crippen molar-refractivity contribution in [1.82, 2.24) is 15.1 Å². The second-order valence-corrected chi connectivity index (χ2v) is 5.27. The molecule has 0 saturated heterocycles. The zero-order valence-electron chi connectivity index (χ0n) is 12.3. The minimum Gasteiger partial charge on any atom is -0.350 e. The molecule has 0 fully saturated rings. The molecule has 0 aliphatic heterocycles. The standard InChI is InChI=1S/C13H22F3N3O/c1-9(2)5-17-6-12-10(3)18-19(11(12)4)8-20-7-13(14,15)16/h9,17H,5-8H2,1-4H3. The second kappa shape index (κ2) is 7.08. The van der Waals surface area contributed by atoms with E-state index in [9.17, 15) is 13.2 Å². The highest BCUT2D eigenvalue weighted by Gasteiger charge is 2.27. The van der Waals surface area contributed by atoms with Crippen molar-refractivity contribution in [2.75, 3.05) is 13.2 Å². The van der Waals surface area contributed by atoms with E-state index in [1.54, 1.807) is 0 Å². The fourth-order valence-electron chi connectivity index (χ4n) is 1.85. The van der Waals surface area contributed by atoms with Gasteiger partial charge in [-0.25, -0.2) is 4.68 Å². The molecule has 0 amide bonds. The SMILES string of the molecule is Cc1nn(COCC(F)(F)F)c(C)c1CNCC(C)C. The zero-order chi connectivity index (χ0) is 15.3. The van der Waals surface area contributed by atoms with Gasteiger partial charge in [-0.2, -0.15) is 18.3 Å². The molecule has 20 heavy (non-hydrogen) atoms. The lowest BCUT2D eigenvalue weighted by Crippen LogP contribution is -2.20. The van der Waals surface area contributed by atoms with Crippen LogP contribution in [-0.4, -0.2) is 29.1 Å². The number of rotatable bonds is 7. The van der Waals surface area contributed by atoms with Crippen LogP contribution in [-0.2, 0) is 18.0 Å². The summed E-state index contributed by atoms with van der Waals surface area (Å²) < 4.78 is 42.2. The Morgan fingerprint density at radius 2 is 1.95 bits per heavy atom. The van der Waals surface area contributed by atoms with Crippen molar-refractivity contribution in [3.63, 3.8) is 0 Å². The lowest BCUT2D eigenvalue weighted by atomic mass is 10.2. The summed E-state index contributed by atoms with van der Waals surface area (Å²) in [6.07, 6.45) is -4.31. The molecule has 1 aromatic rings. The first-order valence-corrected chi connectivity index (χ1v) is 6.58. The average Bonchev–Trinajstić information content (AvgIpc) is 2.54. The van der Waals surface area contributed by atoms with Gasteiger partial charge in [0.1, 0.15) is 13.3 Å². The smallest absolute Gasteiger partial charge is 0.350 e. The largest absolute Gasteiger partial charge is 0.411 e. The molecular weight excluding hydrogens is 271 g/mol. The molecule has 0 unspecified atom stereocenters. The van der Waals surface area contributed by atoms with Crippen molar-refractivity contribution >= 4 is 0 Å². The Labute approximate surface area is 117 Å². The Bertz CT molecular complexity index is 427. The molecule has 1 rings (SSSR count). The number of hydrogen-bond acceptors (Lipinski definition) is 3. The maximum absolute atomic E-state index is 12.0. The molecule has 0 atom stereocenters. The highest BCUT2D eigenvalue weighted by molar-refractivity contribution is 5.24. The Kier molecular flexibility index (Phi) is 6.01. The van der Waals surface area contributed by atoms with Crippen LogP contribution in [0.1, 0.15) is 30.8 Å². The third-order valence-corrected chi connectivity index (χ3v) is 2.87. The normalized spacial score (nSPS) is 12.4. The van der Waals surface area contributed by atoms with E-state index in [1.165, 1.54) is 4.68 Å². The van der Waals surface area contributed by atoms with Crippen LogP contribution in [0.25, 0.3) is 0 Å². The minimum absolute atomic E-state index is 0.184. The fourth-order valence-corrected chi connectivity index (χ4v) is 1.85. The molecule has 4 nitrogen and oxygen atoms in total. The Morgan fingerprint density at radius 1 is 1.30 bits per heavy atom. The summed E-state index contributed by atoms with van der Waals surface area (Å²) in [7, 11) is 0. The molecule has 0 spiro atoms. The molecule has 0 aromatic carbocycles. The average molecular weight is 293 g/mol. The summed E-state index contributed by atoms with van der Waals surface area (Å²) in [6.45, 7) is 8.01. The number of nitrogens with zero attached hydrogens (tertiary/aromatic N) is 2. The summed E-state index contributed by atoms with van der Waals surface area (Å²) in [6, 6.07) is 0. The van der Waals surface area contributed by atoms with Crippen molar-refractivity contribution < 1.29 is 17.9 Å². The van der Waals surface area contributed by atoms with E-state index in [0.717, 1.165) is 23.5 Å². The van der Waals surface area contributed by atoms with Crippen LogP contribution < -0.4 is 5.32 Å². The molecule has 1 N–H and O–H groups in total. The molecule has 116 valence electrons. The van der Waals surface area contributed by atoms with Crippen LogP contribution in [0.15, 0.2) is 0 Å². The molecule has 0 saturated carbocycles. The number of nitrogens with one attached hydrogen (secondary N) is 1. The van der Waals surface area contributed by atoms with Crippen LogP contribution in [0.4, 0.5) is 13.2 Å². The van der Waals surface area contributed by atoms with Crippen LogP contribution in [0.3, 0.4) is 0 Å². The molecule has 1 heterocycles. The second-order valence-electron chi connectivity index (χ2n) is 5.27. The van der Waals surface area contributed by atoms with E-state index in [4.69, 9.17) is 0 Å². The van der Waals surface area contributed by atoms with Crippen LogP contribution in [0.2, 0.25) is 0 Å². The number of aromatic nitrogens is 2. The molecule has 0 bridgehead atoms. The van der Waals surface area contributed by atoms with Gasteiger partial charge >= 0.3 is 6.18 Å². The van der Waals surface area contributed by atoms with Gasteiger partial charge in [0.15, 0.2) is 0 Å². The predicted molar refractivity (Wildman–Crippen MR) is 70.3 cm³/mol. The molecule has 7 heteroatoms. The maximum atomic E-state index is 12.0. The molecule has 0 radical (unpaired) electrons. The highest BCUT2D eigenvalue weighted by atomic mass is 19.4. The zero-order valence-corrected chi connectivity index (χ0v) is 12.3. The summed E-state index contributed by atoms with van der Waals surface area (Å²) >= 11 is 0. The first-order valence-electron chi connectivity index (χ1n) is 6.58. The number of alkyl halides is 3. The monoisotopic (exact) mass is 293 g/mol. The van der Waals surface area contributed by atoms with Crippen molar-refractivity contribution in [2.24, 2.45) is 5.92 Å². The Morgan fingerprint density at radius 3 is 2.50 bits per heavy atom. The van der Waals surface area contributed by atoms with Gasteiger partial charge in [0.25, 0.3) is 0 Å². The maximum Gasteiger partial charge on any atom is 0.411 e. The van der Waals surface area contributed by atoms with E-state index in [0.29, 0.717) is 12.5 Å². The topological polar surface area (TPSA) is 39.1 Å².